The van der Waals surface area contributed by atoms with Gasteiger partial charge in [0.25, 0.3) is 5.91 Å². The number of carbonyl (C=O) groups excluding carboxylic acids is 1. The fourth-order valence-electron chi connectivity index (χ4n) is 1.86. The first-order chi connectivity index (χ1) is 10.7. The SMILES string of the molecule is NC1(c2ncc(C(=O)Nc3cc(C(F)(F)F)c(Cl)cn3)s2)CC1. The molecule has 0 unspecified atom stereocenters. The van der Waals surface area contributed by atoms with Gasteiger partial charge in [0.05, 0.1) is 22.3 Å². The van der Waals surface area contributed by atoms with Crippen LogP contribution in [0, 0.1) is 0 Å². The summed E-state index contributed by atoms with van der Waals surface area (Å²) in [4.78, 5) is 20.1. The molecule has 2 heterocycles. The largest absolute Gasteiger partial charge is 0.418 e. The van der Waals surface area contributed by atoms with Crippen molar-refractivity contribution in [3.8, 4) is 0 Å². The summed E-state index contributed by atoms with van der Waals surface area (Å²) in [6.45, 7) is 0. The van der Waals surface area contributed by atoms with E-state index in [9.17, 15) is 18.0 Å². The third-order valence-electron chi connectivity index (χ3n) is 3.35. The Kier molecular flexibility index (Phi) is 3.81. The van der Waals surface area contributed by atoms with Gasteiger partial charge in [-0.05, 0) is 18.9 Å². The number of alkyl halides is 3. The van der Waals surface area contributed by atoms with E-state index >= 15 is 0 Å². The van der Waals surface area contributed by atoms with E-state index in [4.69, 9.17) is 17.3 Å². The van der Waals surface area contributed by atoms with Gasteiger partial charge in [-0.25, -0.2) is 9.97 Å². The number of rotatable bonds is 3. The molecular weight excluding hydrogens is 353 g/mol. The first kappa shape index (κ1) is 16.2. The van der Waals surface area contributed by atoms with Crippen LogP contribution in [0.15, 0.2) is 18.5 Å². The molecule has 0 aliphatic heterocycles. The highest BCUT2D eigenvalue weighted by molar-refractivity contribution is 7.13. The minimum absolute atomic E-state index is 0.240. The smallest absolute Gasteiger partial charge is 0.319 e. The van der Waals surface area contributed by atoms with Crippen LogP contribution in [0.5, 0.6) is 0 Å². The quantitative estimate of drug-likeness (QED) is 0.876. The lowest BCUT2D eigenvalue weighted by molar-refractivity contribution is -0.137. The van der Waals surface area contributed by atoms with Crippen LogP contribution in [-0.2, 0) is 11.7 Å². The molecule has 3 N–H and O–H groups in total. The second-order valence-corrected chi connectivity index (χ2v) is 6.62. The highest BCUT2D eigenvalue weighted by Gasteiger charge is 2.43. The van der Waals surface area contributed by atoms with E-state index in [0.717, 1.165) is 30.4 Å². The summed E-state index contributed by atoms with van der Waals surface area (Å²) in [5.74, 6) is -0.837. The molecule has 0 saturated heterocycles. The Morgan fingerprint density at radius 1 is 1.35 bits per heavy atom. The molecule has 0 bridgehead atoms. The standard InChI is InChI=1S/C13H10ClF3N4OS/c14-7-4-19-9(3-6(7)13(15,16)17)21-10(22)8-5-20-11(23-8)12(18)1-2-12/h3-5H,1-2,18H2,(H,19,21,22). The van der Waals surface area contributed by atoms with Crippen molar-refractivity contribution in [1.82, 2.24) is 9.97 Å². The highest BCUT2D eigenvalue weighted by atomic mass is 35.5. The number of nitrogens with zero attached hydrogens (tertiary/aromatic N) is 2. The molecule has 23 heavy (non-hydrogen) atoms. The fraction of sp³-hybridized carbons (Fsp3) is 0.308. The van der Waals surface area contributed by atoms with Crippen molar-refractivity contribution in [1.29, 1.82) is 0 Å². The zero-order chi connectivity index (χ0) is 16.8. The minimum atomic E-state index is -4.63. The lowest BCUT2D eigenvalue weighted by Crippen LogP contribution is -2.18. The zero-order valence-electron chi connectivity index (χ0n) is 11.4. The van der Waals surface area contributed by atoms with Gasteiger partial charge in [-0.15, -0.1) is 11.3 Å². The predicted molar refractivity (Wildman–Crippen MR) is 79.4 cm³/mol. The summed E-state index contributed by atoms with van der Waals surface area (Å²) in [7, 11) is 0. The van der Waals surface area contributed by atoms with Crippen molar-refractivity contribution in [3.63, 3.8) is 0 Å². The molecule has 1 aliphatic rings. The van der Waals surface area contributed by atoms with Crippen LogP contribution in [0.25, 0.3) is 0 Å². The number of nitrogens with one attached hydrogen (secondary N) is 1. The average Bonchev–Trinajstić information content (AvgIpc) is 3.02. The summed E-state index contributed by atoms with van der Waals surface area (Å²) in [5.41, 5.74) is 4.45. The number of pyridine rings is 1. The Balaban J connectivity index is 1.79. The van der Waals surface area contributed by atoms with E-state index in [2.05, 4.69) is 15.3 Å². The zero-order valence-corrected chi connectivity index (χ0v) is 13.0. The number of anilines is 1. The number of hydrogen-bond acceptors (Lipinski definition) is 5. The number of thiazole rings is 1. The topological polar surface area (TPSA) is 80.9 Å². The second-order valence-electron chi connectivity index (χ2n) is 5.19. The summed E-state index contributed by atoms with van der Waals surface area (Å²) in [6.07, 6.45) is -0.834. The number of amides is 1. The molecule has 2 aromatic heterocycles. The molecular formula is C13H10ClF3N4OS. The van der Waals surface area contributed by atoms with Gasteiger partial charge in [-0.3, -0.25) is 4.79 Å². The van der Waals surface area contributed by atoms with Crippen LogP contribution in [0.2, 0.25) is 5.02 Å². The number of halogens is 4. The molecule has 0 radical (unpaired) electrons. The maximum absolute atomic E-state index is 12.8. The Hall–Kier alpha value is -1.71. The maximum atomic E-state index is 12.8. The maximum Gasteiger partial charge on any atom is 0.418 e. The van der Waals surface area contributed by atoms with Crippen molar-refractivity contribution in [2.75, 3.05) is 5.32 Å². The first-order valence-electron chi connectivity index (χ1n) is 6.48. The molecule has 0 spiro atoms. The van der Waals surface area contributed by atoms with E-state index in [1.165, 1.54) is 6.20 Å². The summed E-state index contributed by atoms with van der Waals surface area (Å²) in [6, 6.07) is 0.688. The summed E-state index contributed by atoms with van der Waals surface area (Å²) < 4.78 is 38.4. The Morgan fingerprint density at radius 2 is 2.04 bits per heavy atom. The van der Waals surface area contributed by atoms with Crippen molar-refractivity contribution in [2.24, 2.45) is 5.73 Å². The van der Waals surface area contributed by atoms with Gasteiger partial charge in [0, 0.05) is 6.20 Å². The van der Waals surface area contributed by atoms with Gasteiger partial charge in [0.15, 0.2) is 0 Å². The van der Waals surface area contributed by atoms with E-state index < -0.39 is 28.2 Å². The van der Waals surface area contributed by atoms with Crippen molar-refractivity contribution in [3.05, 3.63) is 38.9 Å². The fourth-order valence-corrected chi connectivity index (χ4v) is 3.04. The Morgan fingerprint density at radius 3 is 2.65 bits per heavy atom. The van der Waals surface area contributed by atoms with Crippen molar-refractivity contribution < 1.29 is 18.0 Å². The van der Waals surface area contributed by atoms with Gasteiger partial charge < -0.3 is 11.1 Å². The molecule has 2 aromatic rings. The number of aromatic nitrogens is 2. The van der Waals surface area contributed by atoms with Gasteiger partial charge in [0.2, 0.25) is 0 Å². The summed E-state index contributed by atoms with van der Waals surface area (Å²) >= 11 is 6.60. The van der Waals surface area contributed by atoms with Crippen LogP contribution in [-0.4, -0.2) is 15.9 Å². The molecule has 0 atom stereocenters. The van der Waals surface area contributed by atoms with Crippen LogP contribution in [0.4, 0.5) is 19.0 Å². The molecule has 1 aliphatic carbocycles. The van der Waals surface area contributed by atoms with Crippen LogP contribution < -0.4 is 11.1 Å². The average molecular weight is 363 g/mol. The van der Waals surface area contributed by atoms with Gasteiger partial charge >= 0.3 is 6.18 Å². The van der Waals surface area contributed by atoms with Crippen LogP contribution in [0.1, 0.15) is 33.1 Å². The molecule has 5 nitrogen and oxygen atoms in total. The van der Waals surface area contributed by atoms with Gasteiger partial charge in [0.1, 0.15) is 15.7 Å². The van der Waals surface area contributed by atoms with E-state index in [0.29, 0.717) is 11.1 Å². The van der Waals surface area contributed by atoms with E-state index in [-0.39, 0.29) is 10.7 Å². The van der Waals surface area contributed by atoms with Crippen LogP contribution >= 0.6 is 22.9 Å². The molecule has 1 fully saturated rings. The number of nitrogens with two attached hydrogens (primary N) is 1. The predicted octanol–water partition coefficient (Wildman–Crippen LogP) is 3.41. The molecule has 1 amide bonds. The molecule has 10 heteroatoms. The third-order valence-corrected chi connectivity index (χ3v) is 4.86. The lowest BCUT2D eigenvalue weighted by Gasteiger charge is -2.10. The summed E-state index contributed by atoms with van der Waals surface area (Å²) in [5, 5.41) is 2.41. The molecule has 1 saturated carbocycles. The number of carbonyl (C=O) groups is 1. The van der Waals surface area contributed by atoms with Crippen LogP contribution in [0.3, 0.4) is 0 Å². The Labute approximate surface area is 137 Å². The number of hydrogen-bond donors (Lipinski definition) is 2. The van der Waals surface area contributed by atoms with E-state index in [1.807, 2.05) is 0 Å². The molecule has 122 valence electrons. The molecule has 0 aromatic carbocycles. The van der Waals surface area contributed by atoms with Gasteiger partial charge in [-0.1, -0.05) is 11.6 Å². The third kappa shape index (κ3) is 3.31. The minimum Gasteiger partial charge on any atom is -0.319 e. The van der Waals surface area contributed by atoms with Crippen molar-refractivity contribution >= 4 is 34.7 Å². The van der Waals surface area contributed by atoms with Crippen molar-refractivity contribution in [2.45, 2.75) is 24.6 Å². The first-order valence-corrected chi connectivity index (χ1v) is 7.68. The second kappa shape index (κ2) is 5.43. The highest BCUT2D eigenvalue weighted by Crippen LogP contribution is 2.44. The Bertz CT molecular complexity index is 773. The molecule has 3 rings (SSSR count). The lowest BCUT2D eigenvalue weighted by atomic mass is 10.2. The van der Waals surface area contributed by atoms with Gasteiger partial charge in [-0.2, -0.15) is 13.2 Å². The monoisotopic (exact) mass is 362 g/mol. The normalized spacial score (nSPS) is 16.2. The van der Waals surface area contributed by atoms with E-state index in [1.54, 1.807) is 0 Å².